The van der Waals surface area contributed by atoms with Crippen molar-refractivity contribution in [3.8, 4) is 5.75 Å². The zero-order chi connectivity index (χ0) is 14.4. The van der Waals surface area contributed by atoms with Gasteiger partial charge in [0.15, 0.2) is 0 Å². The van der Waals surface area contributed by atoms with Gasteiger partial charge in [0.1, 0.15) is 12.4 Å². The Morgan fingerprint density at radius 1 is 1.40 bits per heavy atom. The van der Waals surface area contributed by atoms with Crippen LogP contribution in [-0.2, 0) is 11.4 Å². The first-order valence-corrected chi connectivity index (χ1v) is 6.25. The van der Waals surface area contributed by atoms with Gasteiger partial charge in [-0.3, -0.25) is 4.98 Å². The van der Waals surface area contributed by atoms with Gasteiger partial charge in [0.2, 0.25) is 0 Å². The van der Waals surface area contributed by atoms with Gasteiger partial charge in [-0.25, -0.2) is 4.79 Å². The van der Waals surface area contributed by atoms with E-state index in [1.165, 1.54) is 6.08 Å². The maximum atomic E-state index is 10.4. The molecule has 0 amide bonds. The molecule has 0 saturated heterocycles. The highest BCUT2D eigenvalue weighted by molar-refractivity contribution is 6.32. The summed E-state index contributed by atoms with van der Waals surface area (Å²) in [7, 11) is 0. The molecule has 0 atom stereocenters. The third kappa shape index (κ3) is 4.10. The Hall–Kier alpha value is -2.33. The van der Waals surface area contributed by atoms with E-state index in [0.29, 0.717) is 22.9 Å². The molecule has 1 aromatic carbocycles. The first-order valence-electron chi connectivity index (χ1n) is 5.87. The maximum Gasteiger partial charge on any atom is 0.328 e. The molecule has 0 spiro atoms. The van der Waals surface area contributed by atoms with Gasteiger partial charge in [-0.1, -0.05) is 23.7 Å². The predicted molar refractivity (Wildman–Crippen MR) is 76.7 cm³/mol. The van der Waals surface area contributed by atoms with Crippen molar-refractivity contribution < 1.29 is 14.6 Å². The van der Waals surface area contributed by atoms with Crippen LogP contribution in [0.5, 0.6) is 5.75 Å². The zero-order valence-electron chi connectivity index (χ0n) is 10.5. The third-order valence-electron chi connectivity index (χ3n) is 2.49. The number of nitrogens with zero attached hydrogens (tertiary/aromatic N) is 1. The van der Waals surface area contributed by atoms with Crippen LogP contribution in [0.25, 0.3) is 6.08 Å². The fourth-order valence-corrected chi connectivity index (χ4v) is 1.79. The topological polar surface area (TPSA) is 59.4 Å². The lowest BCUT2D eigenvalue weighted by atomic mass is 10.2. The number of carbonyl (C=O) groups is 1. The minimum absolute atomic E-state index is 0.373. The highest BCUT2D eigenvalue weighted by atomic mass is 35.5. The summed E-state index contributed by atoms with van der Waals surface area (Å²) < 4.78 is 5.59. The van der Waals surface area contributed by atoms with Crippen LogP contribution in [0.1, 0.15) is 11.1 Å². The first-order chi connectivity index (χ1) is 9.65. The molecule has 4 nitrogen and oxygen atoms in total. The first kappa shape index (κ1) is 14.1. The molecule has 102 valence electrons. The van der Waals surface area contributed by atoms with Gasteiger partial charge in [-0.2, -0.15) is 0 Å². The van der Waals surface area contributed by atoms with Crippen molar-refractivity contribution >= 4 is 23.6 Å². The van der Waals surface area contributed by atoms with Crippen molar-refractivity contribution in [3.05, 3.63) is 65.0 Å². The minimum Gasteiger partial charge on any atom is -0.487 e. The van der Waals surface area contributed by atoms with Crippen LogP contribution in [-0.4, -0.2) is 16.1 Å². The molecule has 2 rings (SSSR count). The van der Waals surface area contributed by atoms with Crippen molar-refractivity contribution in [1.82, 2.24) is 4.98 Å². The van der Waals surface area contributed by atoms with E-state index >= 15 is 0 Å². The number of halogens is 1. The number of ether oxygens (including phenoxy) is 1. The summed E-state index contributed by atoms with van der Waals surface area (Å²) in [6.07, 6.45) is 5.94. The standard InChI is InChI=1S/C15H12ClNO3/c16-13-8-11(4-6-15(18)19)3-5-14(13)20-10-12-2-1-7-17-9-12/h1-9H,10H2,(H,18,19)/b6-4+. The Morgan fingerprint density at radius 2 is 2.25 bits per heavy atom. The number of aromatic nitrogens is 1. The van der Waals surface area contributed by atoms with Crippen molar-refractivity contribution in [3.63, 3.8) is 0 Å². The van der Waals surface area contributed by atoms with E-state index in [1.54, 1.807) is 30.6 Å². The monoisotopic (exact) mass is 289 g/mol. The van der Waals surface area contributed by atoms with E-state index in [9.17, 15) is 4.79 Å². The molecule has 0 unspecified atom stereocenters. The van der Waals surface area contributed by atoms with Gasteiger partial charge in [-0.15, -0.1) is 0 Å². The zero-order valence-corrected chi connectivity index (χ0v) is 11.2. The SMILES string of the molecule is O=C(O)/C=C/c1ccc(OCc2cccnc2)c(Cl)c1. The molecule has 0 saturated carbocycles. The summed E-state index contributed by atoms with van der Waals surface area (Å²) in [5.74, 6) is -0.457. The molecule has 1 aromatic heterocycles. The number of carboxylic acids is 1. The number of hydrogen-bond donors (Lipinski definition) is 1. The van der Waals surface area contributed by atoms with Gasteiger partial charge in [0.05, 0.1) is 5.02 Å². The average molecular weight is 290 g/mol. The molecule has 0 aliphatic heterocycles. The molecule has 0 fully saturated rings. The summed E-state index contributed by atoms with van der Waals surface area (Å²) in [6, 6.07) is 8.84. The summed E-state index contributed by atoms with van der Waals surface area (Å²) in [5, 5.41) is 8.99. The van der Waals surface area contributed by atoms with Crippen molar-refractivity contribution in [2.24, 2.45) is 0 Å². The predicted octanol–water partition coefficient (Wildman–Crippen LogP) is 3.41. The Balaban J connectivity index is 2.04. The van der Waals surface area contributed by atoms with Crippen LogP contribution >= 0.6 is 11.6 Å². The van der Waals surface area contributed by atoms with Gasteiger partial charge in [-0.05, 0) is 29.8 Å². The minimum atomic E-state index is -1.00. The molecule has 0 bridgehead atoms. The normalized spacial score (nSPS) is 10.7. The number of benzene rings is 1. The van der Waals surface area contributed by atoms with Gasteiger partial charge in [0, 0.05) is 24.0 Å². The molecule has 2 aromatic rings. The largest absolute Gasteiger partial charge is 0.487 e. The second kappa shape index (κ2) is 6.73. The van der Waals surface area contributed by atoms with Crippen LogP contribution < -0.4 is 4.74 Å². The van der Waals surface area contributed by atoms with E-state index in [4.69, 9.17) is 21.4 Å². The van der Waals surface area contributed by atoms with Gasteiger partial charge < -0.3 is 9.84 Å². The quantitative estimate of drug-likeness (QED) is 0.857. The summed E-state index contributed by atoms with van der Waals surface area (Å²) in [5.41, 5.74) is 1.64. The Bertz CT molecular complexity index is 626. The molecule has 0 aliphatic carbocycles. The summed E-state index contributed by atoms with van der Waals surface area (Å²) >= 11 is 6.09. The average Bonchev–Trinajstić information content (AvgIpc) is 2.45. The highest BCUT2D eigenvalue weighted by Crippen LogP contribution is 2.26. The van der Waals surface area contributed by atoms with Crippen LogP contribution in [0, 0.1) is 0 Å². The van der Waals surface area contributed by atoms with Crippen LogP contribution in [0.3, 0.4) is 0 Å². The van der Waals surface area contributed by atoms with E-state index in [0.717, 1.165) is 11.6 Å². The Morgan fingerprint density at radius 3 is 2.90 bits per heavy atom. The van der Waals surface area contributed by atoms with Crippen LogP contribution in [0.4, 0.5) is 0 Å². The number of pyridine rings is 1. The molecule has 1 N–H and O–H groups in total. The number of carboxylic acid groups (broad SMARTS) is 1. The molecular weight excluding hydrogens is 278 g/mol. The lowest BCUT2D eigenvalue weighted by Gasteiger charge is -2.08. The Labute approximate surface area is 121 Å². The molecule has 0 aliphatic rings. The highest BCUT2D eigenvalue weighted by Gasteiger charge is 2.03. The number of aliphatic carboxylic acids is 1. The van der Waals surface area contributed by atoms with Crippen molar-refractivity contribution in [2.75, 3.05) is 0 Å². The third-order valence-corrected chi connectivity index (χ3v) is 2.79. The second-order valence-corrected chi connectivity index (χ2v) is 4.42. The van der Waals surface area contributed by atoms with Crippen LogP contribution in [0.15, 0.2) is 48.8 Å². The van der Waals surface area contributed by atoms with E-state index in [-0.39, 0.29) is 0 Å². The van der Waals surface area contributed by atoms with E-state index in [1.807, 2.05) is 12.1 Å². The van der Waals surface area contributed by atoms with Gasteiger partial charge in [0.25, 0.3) is 0 Å². The summed E-state index contributed by atoms with van der Waals surface area (Å²) in [6.45, 7) is 0.373. The fraction of sp³-hybridized carbons (Fsp3) is 0.0667. The second-order valence-electron chi connectivity index (χ2n) is 4.01. The number of rotatable bonds is 5. The lowest BCUT2D eigenvalue weighted by molar-refractivity contribution is -0.131. The smallest absolute Gasteiger partial charge is 0.328 e. The summed E-state index contributed by atoms with van der Waals surface area (Å²) in [4.78, 5) is 14.4. The number of hydrogen-bond acceptors (Lipinski definition) is 3. The molecule has 20 heavy (non-hydrogen) atoms. The van der Waals surface area contributed by atoms with Crippen molar-refractivity contribution in [1.29, 1.82) is 0 Å². The molecular formula is C15H12ClNO3. The maximum absolute atomic E-state index is 10.4. The van der Waals surface area contributed by atoms with Crippen LogP contribution in [0.2, 0.25) is 5.02 Å². The van der Waals surface area contributed by atoms with Gasteiger partial charge >= 0.3 is 5.97 Å². The fourth-order valence-electron chi connectivity index (χ4n) is 1.55. The van der Waals surface area contributed by atoms with Crippen molar-refractivity contribution in [2.45, 2.75) is 6.61 Å². The molecule has 1 heterocycles. The molecule has 5 heteroatoms. The lowest BCUT2D eigenvalue weighted by Crippen LogP contribution is -1.96. The van der Waals surface area contributed by atoms with E-state index in [2.05, 4.69) is 4.98 Å². The molecule has 0 radical (unpaired) electrons. The Kier molecular flexibility index (Phi) is 4.74. The van der Waals surface area contributed by atoms with E-state index < -0.39 is 5.97 Å².